The van der Waals surface area contributed by atoms with Crippen molar-refractivity contribution >= 4 is 35.1 Å². The molecule has 26 heavy (non-hydrogen) atoms. The number of Topliss-reactive ketones (excluding diaryl/α,β-unsaturated/α-hetero) is 1. The van der Waals surface area contributed by atoms with Crippen molar-refractivity contribution in [3.8, 4) is 0 Å². The smallest absolute Gasteiger partial charge is 0.316 e. The first-order chi connectivity index (χ1) is 12.5. The van der Waals surface area contributed by atoms with Crippen molar-refractivity contribution in [3.05, 3.63) is 59.4 Å². The average Bonchev–Trinajstić information content (AvgIpc) is 2.92. The number of rotatable bonds is 6. The number of hydrogen-bond acceptors (Lipinski definition) is 5. The first kappa shape index (κ1) is 18.1. The number of thioether (sulfide) groups is 1. The van der Waals surface area contributed by atoms with Gasteiger partial charge in [-0.25, -0.2) is 4.39 Å². The molecule has 0 unspecified atom stereocenters. The molecule has 2 aromatic carbocycles. The highest BCUT2D eigenvalue weighted by atomic mass is 32.2. The number of halogens is 1. The van der Waals surface area contributed by atoms with Gasteiger partial charge in [-0.2, -0.15) is 0 Å². The van der Waals surface area contributed by atoms with Gasteiger partial charge in [-0.3, -0.25) is 14.4 Å². The first-order valence-electron chi connectivity index (χ1n) is 7.96. The Morgan fingerprint density at radius 3 is 2.77 bits per heavy atom. The van der Waals surface area contributed by atoms with Crippen molar-refractivity contribution in [1.29, 1.82) is 0 Å². The Morgan fingerprint density at radius 2 is 2.00 bits per heavy atom. The van der Waals surface area contributed by atoms with Crippen molar-refractivity contribution in [1.82, 2.24) is 0 Å². The molecule has 1 aliphatic rings. The van der Waals surface area contributed by atoms with E-state index in [2.05, 4.69) is 5.32 Å². The summed E-state index contributed by atoms with van der Waals surface area (Å²) in [5.74, 6) is -1.88. The van der Waals surface area contributed by atoms with E-state index in [-0.39, 0.29) is 23.4 Å². The Hall–Kier alpha value is -2.67. The number of ketones is 1. The molecule has 2 aromatic rings. The Bertz CT molecular complexity index is 884. The van der Waals surface area contributed by atoms with Crippen LogP contribution in [-0.2, 0) is 14.3 Å². The van der Waals surface area contributed by atoms with Crippen LogP contribution in [-0.4, -0.2) is 30.0 Å². The minimum absolute atomic E-state index is 0.0894. The zero-order chi connectivity index (χ0) is 18.7. The van der Waals surface area contributed by atoms with Gasteiger partial charge in [-0.1, -0.05) is 12.1 Å². The minimum Gasteiger partial charge on any atom is -0.457 e. The van der Waals surface area contributed by atoms with Crippen molar-refractivity contribution in [3.63, 3.8) is 0 Å². The van der Waals surface area contributed by atoms with Crippen molar-refractivity contribution in [2.75, 3.05) is 17.7 Å². The quantitative estimate of drug-likeness (QED) is 0.477. The molecule has 1 N–H and O–H groups in total. The zero-order valence-electron chi connectivity index (χ0n) is 14.0. The lowest BCUT2D eigenvalue weighted by atomic mass is 9.99. The van der Waals surface area contributed by atoms with Gasteiger partial charge in [0.15, 0.2) is 12.4 Å². The maximum atomic E-state index is 13.5. The number of ether oxygens (including phenoxy) is 1. The summed E-state index contributed by atoms with van der Waals surface area (Å²) in [6.45, 7) is 1.36. The van der Waals surface area contributed by atoms with E-state index in [1.54, 1.807) is 43.3 Å². The fraction of sp³-hybridized carbons (Fsp3) is 0.211. The van der Waals surface area contributed by atoms with Crippen LogP contribution in [0.2, 0.25) is 0 Å². The Labute approximate surface area is 153 Å². The summed E-state index contributed by atoms with van der Waals surface area (Å²) >= 11 is 1.01. The minimum atomic E-state index is -0.599. The fourth-order valence-electron chi connectivity index (χ4n) is 2.56. The Morgan fingerprint density at radius 1 is 1.23 bits per heavy atom. The van der Waals surface area contributed by atoms with E-state index in [1.165, 1.54) is 6.07 Å². The van der Waals surface area contributed by atoms with E-state index in [0.717, 1.165) is 17.3 Å². The largest absolute Gasteiger partial charge is 0.457 e. The van der Waals surface area contributed by atoms with Gasteiger partial charge >= 0.3 is 5.97 Å². The van der Waals surface area contributed by atoms with Crippen LogP contribution in [0.1, 0.15) is 28.8 Å². The van der Waals surface area contributed by atoms with Gasteiger partial charge in [0.25, 0.3) is 0 Å². The molecule has 0 aromatic heterocycles. The number of carbonyl (C=O) groups is 3. The first-order valence-corrected chi connectivity index (χ1v) is 8.95. The van der Waals surface area contributed by atoms with Crippen LogP contribution in [0.5, 0.6) is 0 Å². The molecule has 0 aliphatic carbocycles. The number of esters is 1. The van der Waals surface area contributed by atoms with E-state index in [0.29, 0.717) is 16.1 Å². The van der Waals surface area contributed by atoms with E-state index in [1.807, 2.05) is 0 Å². The van der Waals surface area contributed by atoms with E-state index in [9.17, 15) is 18.8 Å². The predicted octanol–water partition coefficient (Wildman–Crippen LogP) is 3.40. The number of carbonyl (C=O) groups excluding carboxylic acids is 3. The highest BCUT2D eigenvalue weighted by Crippen LogP contribution is 2.32. The molecular formula is C19H16FNO4S. The van der Waals surface area contributed by atoms with Gasteiger partial charge in [-0.05, 0) is 42.8 Å². The molecule has 0 saturated carbocycles. The SMILES string of the molecule is C[C@H]1C(=O)Nc2ccc(C(=O)COC(=O)CSc3ccccc3F)cc21. The molecule has 0 fully saturated rings. The summed E-state index contributed by atoms with van der Waals surface area (Å²) in [6.07, 6.45) is 0. The predicted molar refractivity (Wildman–Crippen MR) is 95.9 cm³/mol. The third-order valence-corrected chi connectivity index (χ3v) is 5.06. The lowest BCUT2D eigenvalue weighted by Crippen LogP contribution is -2.15. The standard InChI is InChI=1S/C19H16FNO4S/c1-11-13-8-12(6-7-15(13)21-19(11)24)16(22)9-25-18(23)10-26-17-5-3-2-4-14(17)20/h2-8,11H,9-10H2,1H3,(H,21,24)/t11-/m1/s1. The average molecular weight is 373 g/mol. The molecule has 1 aliphatic heterocycles. The Balaban J connectivity index is 1.54. The van der Waals surface area contributed by atoms with Crippen LogP contribution in [0.4, 0.5) is 10.1 Å². The summed E-state index contributed by atoms with van der Waals surface area (Å²) in [7, 11) is 0. The molecule has 0 spiro atoms. The molecule has 1 amide bonds. The van der Waals surface area contributed by atoms with Gasteiger partial charge in [0.2, 0.25) is 5.91 Å². The highest BCUT2D eigenvalue weighted by molar-refractivity contribution is 8.00. The van der Waals surface area contributed by atoms with Crippen molar-refractivity contribution in [2.24, 2.45) is 0 Å². The lowest BCUT2D eigenvalue weighted by molar-refractivity contribution is -0.139. The number of hydrogen-bond donors (Lipinski definition) is 1. The van der Waals surface area contributed by atoms with Crippen LogP contribution >= 0.6 is 11.8 Å². The van der Waals surface area contributed by atoms with Crippen LogP contribution in [0.15, 0.2) is 47.4 Å². The summed E-state index contributed by atoms with van der Waals surface area (Å²) in [6, 6.07) is 11.0. The Kier molecular flexibility index (Phi) is 5.37. The number of benzene rings is 2. The molecule has 3 rings (SSSR count). The van der Waals surface area contributed by atoms with Gasteiger partial charge in [0, 0.05) is 16.1 Å². The number of fused-ring (bicyclic) bond motifs is 1. The molecule has 1 atom stereocenters. The van der Waals surface area contributed by atoms with Crippen LogP contribution < -0.4 is 5.32 Å². The van der Waals surface area contributed by atoms with E-state index in [4.69, 9.17) is 4.74 Å². The van der Waals surface area contributed by atoms with E-state index < -0.39 is 18.4 Å². The molecule has 5 nitrogen and oxygen atoms in total. The maximum absolute atomic E-state index is 13.5. The summed E-state index contributed by atoms with van der Waals surface area (Å²) in [5, 5.41) is 2.73. The third kappa shape index (κ3) is 3.94. The zero-order valence-corrected chi connectivity index (χ0v) is 14.8. The van der Waals surface area contributed by atoms with Crippen LogP contribution in [0.3, 0.4) is 0 Å². The van der Waals surface area contributed by atoms with Gasteiger partial charge in [-0.15, -0.1) is 11.8 Å². The van der Waals surface area contributed by atoms with Crippen LogP contribution in [0, 0.1) is 5.82 Å². The molecule has 0 saturated heterocycles. The summed E-state index contributed by atoms with van der Waals surface area (Å²) < 4.78 is 18.5. The highest BCUT2D eigenvalue weighted by Gasteiger charge is 2.27. The normalized spacial score (nSPS) is 15.3. The maximum Gasteiger partial charge on any atom is 0.316 e. The molecule has 134 valence electrons. The van der Waals surface area contributed by atoms with Gasteiger partial charge in [0.1, 0.15) is 5.82 Å². The fourth-order valence-corrected chi connectivity index (χ4v) is 3.30. The number of anilines is 1. The monoisotopic (exact) mass is 373 g/mol. The second-order valence-electron chi connectivity index (χ2n) is 5.82. The second kappa shape index (κ2) is 7.70. The summed E-state index contributed by atoms with van der Waals surface area (Å²) in [5.41, 5.74) is 1.82. The van der Waals surface area contributed by atoms with Crippen LogP contribution in [0.25, 0.3) is 0 Å². The number of nitrogens with one attached hydrogen (secondary N) is 1. The summed E-state index contributed by atoms with van der Waals surface area (Å²) in [4.78, 5) is 36.0. The third-order valence-electron chi connectivity index (χ3n) is 4.04. The second-order valence-corrected chi connectivity index (χ2v) is 6.83. The topological polar surface area (TPSA) is 72.5 Å². The van der Waals surface area contributed by atoms with Gasteiger partial charge < -0.3 is 10.1 Å². The number of amides is 1. The molecule has 0 radical (unpaired) electrons. The molecule has 0 bridgehead atoms. The van der Waals surface area contributed by atoms with Crippen molar-refractivity contribution in [2.45, 2.75) is 17.7 Å². The molecule has 7 heteroatoms. The van der Waals surface area contributed by atoms with Gasteiger partial charge in [0.05, 0.1) is 11.7 Å². The molecular weight excluding hydrogens is 357 g/mol. The van der Waals surface area contributed by atoms with E-state index >= 15 is 0 Å². The molecule has 1 heterocycles. The van der Waals surface area contributed by atoms with Crippen molar-refractivity contribution < 1.29 is 23.5 Å². The lowest BCUT2D eigenvalue weighted by Gasteiger charge is -2.07.